The zero-order chi connectivity index (χ0) is 15.9. The number of hydroxylamine groups is 1. The minimum Gasteiger partial charge on any atom is -0.346 e. The molecule has 1 aliphatic rings. The van der Waals surface area contributed by atoms with Crippen molar-refractivity contribution in [3.8, 4) is 0 Å². The van der Waals surface area contributed by atoms with Crippen molar-refractivity contribution in [3.63, 3.8) is 0 Å². The van der Waals surface area contributed by atoms with Crippen LogP contribution >= 0.6 is 11.3 Å². The van der Waals surface area contributed by atoms with Crippen LogP contribution in [-0.2, 0) is 15.8 Å². The molecule has 0 spiro atoms. The summed E-state index contributed by atoms with van der Waals surface area (Å²) in [4.78, 5) is 22.0. The van der Waals surface area contributed by atoms with Crippen LogP contribution in [0.5, 0.6) is 0 Å². The van der Waals surface area contributed by atoms with Crippen LogP contribution in [0.25, 0.3) is 10.2 Å². The minimum atomic E-state index is -4.43. The third-order valence-electron chi connectivity index (χ3n) is 3.44. The number of carbonyl (C=O) groups is 1. The second kappa shape index (κ2) is 5.40. The lowest BCUT2D eigenvalue weighted by atomic mass is 10.0. The molecule has 5 nitrogen and oxygen atoms in total. The van der Waals surface area contributed by atoms with E-state index in [0.717, 1.165) is 6.07 Å². The van der Waals surface area contributed by atoms with E-state index in [4.69, 9.17) is 0 Å². The average Bonchev–Trinajstić information content (AvgIpc) is 2.78. The molecule has 1 saturated heterocycles. The van der Waals surface area contributed by atoms with E-state index in [9.17, 15) is 18.0 Å². The lowest BCUT2D eigenvalue weighted by Gasteiger charge is -2.37. The Labute approximate surface area is 127 Å². The van der Waals surface area contributed by atoms with Gasteiger partial charge in [0.05, 0.1) is 28.8 Å². The molecule has 0 bridgehead atoms. The number of benzene rings is 1. The Kier molecular flexibility index (Phi) is 3.69. The van der Waals surface area contributed by atoms with Crippen molar-refractivity contribution in [2.45, 2.75) is 6.18 Å². The largest absolute Gasteiger partial charge is 0.418 e. The number of nitrogens with one attached hydrogen (secondary N) is 1. The van der Waals surface area contributed by atoms with Crippen molar-refractivity contribution in [1.82, 2.24) is 10.5 Å². The second-order valence-corrected chi connectivity index (χ2v) is 5.93. The molecule has 118 valence electrons. The highest BCUT2D eigenvalue weighted by molar-refractivity contribution is 7.22. The fourth-order valence-corrected chi connectivity index (χ4v) is 3.30. The zero-order valence-electron chi connectivity index (χ0n) is 11.5. The van der Waals surface area contributed by atoms with E-state index in [0.29, 0.717) is 22.9 Å². The standard InChI is InChI=1S/C13H12F3N3O2S/c1-21-18-11(20)7-5-19(6-7)12-17-10-8(13(14,15)16)3-2-4-9(10)22-12/h2-4,7H,5-6H2,1H3,(H,18,20). The summed E-state index contributed by atoms with van der Waals surface area (Å²) in [5.41, 5.74) is 1.47. The first-order valence-corrected chi connectivity index (χ1v) is 7.26. The lowest BCUT2D eigenvalue weighted by molar-refractivity contribution is -0.137. The Bertz CT molecular complexity index is 710. The van der Waals surface area contributed by atoms with Gasteiger partial charge in [-0.3, -0.25) is 9.63 Å². The van der Waals surface area contributed by atoms with Gasteiger partial charge in [0.1, 0.15) is 0 Å². The third kappa shape index (κ3) is 2.61. The second-order valence-electron chi connectivity index (χ2n) is 4.92. The number of alkyl halides is 3. The van der Waals surface area contributed by atoms with Gasteiger partial charge in [0.25, 0.3) is 0 Å². The van der Waals surface area contributed by atoms with Crippen molar-refractivity contribution >= 4 is 32.6 Å². The maximum absolute atomic E-state index is 13.0. The van der Waals surface area contributed by atoms with Crippen LogP contribution in [0.4, 0.5) is 18.3 Å². The van der Waals surface area contributed by atoms with Crippen LogP contribution in [0, 0.1) is 5.92 Å². The molecule has 9 heteroatoms. The number of rotatable bonds is 3. The number of carbonyl (C=O) groups excluding carboxylic acids is 1. The van der Waals surface area contributed by atoms with Crippen molar-refractivity contribution in [2.75, 3.05) is 25.1 Å². The predicted octanol–water partition coefficient (Wildman–Crippen LogP) is 2.43. The Morgan fingerprint density at radius 1 is 1.45 bits per heavy atom. The third-order valence-corrected chi connectivity index (χ3v) is 4.52. The molecule has 1 aliphatic heterocycles. The topological polar surface area (TPSA) is 54.5 Å². The summed E-state index contributed by atoms with van der Waals surface area (Å²) >= 11 is 1.19. The number of fused-ring (bicyclic) bond motifs is 1. The summed E-state index contributed by atoms with van der Waals surface area (Å²) in [7, 11) is 1.35. The number of halogens is 3. The molecule has 1 aromatic carbocycles. The fraction of sp³-hybridized carbons (Fsp3) is 0.385. The average molecular weight is 331 g/mol. The van der Waals surface area contributed by atoms with Gasteiger partial charge in [-0.2, -0.15) is 13.2 Å². The van der Waals surface area contributed by atoms with Gasteiger partial charge < -0.3 is 4.90 Å². The first-order valence-electron chi connectivity index (χ1n) is 6.44. The summed E-state index contributed by atoms with van der Waals surface area (Å²) in [6.07, 6.45) is -4.43. The molecule has 1 aromatic heterocycles. The number of anilines is 1. The van der Waals surface area contributed by atoms with Gasteiger partial charge in [-0.15, -0.1) is 0 Å². The van der Waals surface area contributed by atoms with E-state index < -0.39 is 11.7 Å². The number of aromatic nitrogens is 1. The maximum Gasteiger partial charge on any atom is 0.418 e. The van der Waals surface area contributed by atoms with Crippen molar-refractivity contribution in [3.05, 3.63) is 23.8 Å². The fourth-order valence-electron chi connectivity index (χ4n) is 2.29. The summed E-state index contributed by atoms with van der Waals surface area (Å²) in [6.45, 7) is 0.826. The molecular weight excluding hydrogens is 319 g/mol. The van der Waals surface area contributed by atoms with Crippen LogP contribution in [0.1, 0.15) is 5.56 Å². The SMILES string of the molecule is CONC(=O)C1CN(c2nc3c(C(F)(F)F)cccc3s2)C1. The highest BCUT2D eigenvalue weighted by Gasteiger charge is 2.37. The first-order chi connectivity index (χ1) is 10.4. The molecule has 0 atom stereocenters. The summed E-state index contributed by atoms with van der Waals surface area (Å²) in [6, 6.07) is 4.01. The smallest absolute Gasteiger partial charge is 0.346 e. The maximum atomic E-state index is 13.0. The Balaban J connectivity index is 1.81. The molecule has 0 radical (unpaired) electrons. The molecule has 0 saturated carbocycles. The number of thiazole rings is 1. The van der Waals surface area contributed by atoms with Gasteiger partial charge in [0, 0.05) is 13.1 Å². The first kappa shape index (κ1) is 15.0. The Hall–Kier alpha value is -1.87. The van der Waals surface area contributed by atoms with Crippen LogP contribution < -0.4 is 10.4 Å². The summed E-state index contributed by atoms with van der Waals surface area (Å²) < 4.78 is 39.4. The van der Waals surface area contributed by atoms with Crippen LogP contribution in [0.15, 0.2) is 18.2 Å². The summed E-state index contributed by atoms with van der Waals surface area (Å²) in [5, 5.41) is 0.494. The normalized spacial score (nSPS) is 15.9. The number of nitrogens with zero attached hydrogens (tertiary/aromatic N) is 2. The predicted molar refractivity (Wildman–Crippen MR) is 75.5 cm³/mol. The minimum absolute atomic E-state index is 0.0419. The monoisotopic (exact) mass is 331 g/mol. The van der Waals surface area contributed by atoms with E-state index in [1.54, 1.807) is 11.0 Å². The van der Waals surface area contributed by atoms with Crippen molar-refractivity contribution < 1.29 is 22.8 Å². The molecule has 0 unspecified atom stereocenters. The molecule has 2 aromatic rings. The molecule has 1 N–H and O–H groups in total. The molecular formula is C13H12F3N3O2S. The number of hydrogen-bond donors (Lipinski definition) is 1. The van der Waals surface area contributed by atoms with Gasteiger partial charge in [0.15, 0.2) is 5.13 Å². The molecule has 1 fully saturated rings. The van der Waals surface area contributed by atoms with E-state index in [-0.39, 0.29) is 17.3 Å². The van der Waals surface area contributed by atoms with Gasteiger partial charge in [-0.1, -0.05) is 17.4 Å². The molecule has 1 amide bonds. The van der Waals surface area contributed by atoms with Gasteiger partial charge in [-0.25, -0.2) is 10.5 Å². The molecule has 2 heterocycles. The molecule has 0 aliphatic carbocycles. The van der Waals surface area contributed by atoms with Crippen molar-refractivity contribution in [2.24, 2.45) is 5.92 Å². The highest BCUT2D eigenvalue weighted by atomic mass is 32.1. The van der Waals surface area contributed by atoms with Crippen molar-refractivity contribution in [1.29, 1.82) is 0 Å². The van der Waals surface area contributed by atoms with E-state index in [2.05, 4.69) is 15.3 Å². The van der Waals surface area contributed by atoms with Crippen LogP contribution in [-0.4, -0.2) is 31.1 Å². The van der Waals surface area contributed by atoms with Gasteiger partial charge >= 0.3 is 6.18 Å². The molecule has 22 heavy (non-hydrogen) atoms. The summed E-state index contributed by atoms with van der Waals surface area (Å²) in [5.74, 6) is -0.482. The van der Waals surface area contributed by atoms with E-state index in [1.807, 2.05) is 0 Å². The Morgan fingerprint density at radius 3 is 2.82 bits per heavy atom. The van der Waals surface area contributed by atoms with Gasteiger partial charge in [-0.05, 0) is 12.1 Å². The Morgan fingerprint density at radius 2 is 2.18 bits per heavy atom. The van der Waals surface area contributed by atoms with Crippen LogP contribution in [0.2, 0.25) is 0 Å². The number of amides is 1. The highest BCUT2D eigenvalue weighted by Crippen LogP contribution is 2.39. The van der Waals surface area contributed by atoms with E-state index >= 15 is 0 Å². The van der Waals surface area contributed by atoms with E-state index in [1.165, 1.54) is 24.5 Å². The number of hydrogen-bond acceptors (Lipinski definition) is 5. The zero-order valence-corrected chi connectivity index (χ0v) is 12.3. The lowest BCUT2D eigenvalue weighted by Crippen LogP contribution is -2.53. The number of para-hydroxylation sites is 1. The van der Waals surface area contributed by atoms with Crippen LogP contribution in [0.3, 0.4) is 0 Å². The molecule has 3 rings (SSSR count). The quantitative estimate of drug-likeness (QED) is 0.878. The van der Waals surface area contributed by atoms with Gasteiger partial charge in [0.2, 0.25) is 5.91 Å².